The molecule has 10 heavy (non-hydrogen) atoms. The zero-order valence-electron chi connectivity index (χ0n) is 5.92. The molecule has 0 aliphatic rings. The molecule has 2 nitrogen and oxygen atoms in total. The molecule has 3 heteroatoms. The second-order valence-corrected chi connectivity index (χ2v) is 2.24. The molecule has 56 valence electrons. The van der Waals surface area contributed by atoms with Crippen molar-refractivity contribution in [3.63, 3.8) is 0 Å². The van der Waals surface area contributed by atoms with Crippen LogP contribution in [0.4, 0.5) is 0 Å². The lowest BCUT2D eigenvalue weighted by atomic mass is 10.5. The zero-order valence-corrected chi connectivity index (χ0v) is 6.73. The maximum absolute atomic E-state index is 5.37. The van der Waals surface area contributed by atoms with Crippen molar-refractivity contribution in [2.24, 2.45) is 5.73 Å². The van der Waals surface area contributed by atoms with Crippen LogP contribution in [-0.2, 0) is 0 Å². The molecular weight excluding hydrogens is 144 g/mol. The molecule has 0 rings (SSSR count). The molecule has 0 aromatic heterocycles. The van der Waals surface area contributed by atoms with Gasteiger partial charge in [0.1, 0.15) is 0 Å². The minimum Gasteiger partial charge on any atom is -0.376 e. The Balaban J connectivity index is 3.83. The smallest absolute Gasteiger partial charge is 0.166 e. The Kier molecular flexibility index (Phi) is 4.58. The summed E-state index contributed by atoms with van der Waals surface area (Å²) >= 11 is 4.76. The highest BCUT2D eigenvalue weighted by Gasteiger charge is 1.98. The first-order valence-electron chi connectivity index (χ1n) is 2.98. The van der Waals surface area contributed by atoms with E-state index in [1.807, 2.05) is 0 Å². The monoisotopic (exact) mass is 156 g/mol. The molecule has 0 aromatic rings. The summed E-state index contributed by atoms with van der Waals surface area (Å²) in [6, 6.07) is 0. The Hall–Kier alpha value is -0.830. The van der Waals surface area contributed by atoms with Crippen molar-refractivity contribution in [2.45, 2.75) is 0 Å². The van der Waals surface area contributed by atoms with Crippen molar-refractivity contribution in [2.75, 3.05) is 13.1 Å². The minimum absolute atomic E-state index is 0.389. The molecule has 0 aliphatic heterocycles. The molecule has 0 unspecified atom stereocenters. The van der Waals surface area contributed by atoms with E-state index >= 15 is 0 Å². The summed E-state index contributed by atoms with van der Waals surface area (Å²) < 4.78 is 0. The van der Waals surface area contributed by atoms with Crippen LogP contribution in [-0.4, -0.2) is 23.1 Å². The Morgan fingerprint density at radius 3 is 2.00 bits per heavy atom. The fraction of sp³-hybridized carbons (Fsp3) is 0.286. The van der Waals surface area contributed by atoms with Crippen LogP contribution in [0.15, 0.2) is 25.3 Å². The van der Waals surface area contributed by atoms with Crippen LogP contribution in [0.2, 0.25) is 0 Å². The zero-order chi connectivity index (χ0) is 7.98. The van der Waals surface area contributed by atoms with Crippen molar-refractivity contribution >= 4 is 17.3 Å². The lowest BCUT2D eigenvalue weighted by molar-refractivity contribution is 0.518. The van der Waals surface area contributed by atoms with E-state index in [2.05, 4.69) is 13.2 Å². The van der Waals surface area contributed by atoms with Gasteiger partial charge in [-0.1, -0.05) is 12.2 Å². The number of rotatable bonds is 4. The SMILES string of the molecule is C=CCN(CC=C)C(N)=S. The lowest BCUT2D eigenvalue weighted by Crippen LogP contribution is -2.35. The largest absolute Gasteiger partial charge is 0.376 e. The summed E-state index contributed by atoms with van der Waals surface area (Å²) in [7, 11) is 0. The van der Waals surface area contributed by atoms with Crippen LogP contribution in [0.5, 0.6) is 0 Å². The van der Waals surface area contributed by atoms with E-state index in [9.17, 15) is 0 Å². The summed E-state index contributed by atoms with van der Waals surface area (Å²) in [5.74, 6) is 0. The van der Waals surface area contributed by atoms with Gasteiger partial charge in [-0.05, 0) is 12.2 Å². The minimum atomic E-state index is 0.389. The van der Waals surface area contributed by atoms with Crippen molar-refractivity contribution < 1.29 is 0 Å². The summed E-state index contributed by atoms with van der Waals surface area (Å²) in [6.45, 7) is 8.51. The first-order valence-corrected chi connectivity index (χ1v) is 3.39. The second-order valence-electron chi connectivity index (χ2n) is 1.82. The quantitative estimate of drug-likeness (QED) is 0.484. The fourth-order valence-electron chi connectivity index (χ4n) is 0.566. The van der Waals surface area contributed by atoms with Gasteiger partial charge in [-0.15, -0.1) is 13.2 Å². The second kappa shape index (κ2) is 4.99. The molecule has 0 amide bonds. The Labute approximate surface area is 67.0 Å². The highest BCUT2D eigenvalue weighted by molar-refractivity contribution is 7.80. The summed E-state index contributed by atoms with van der Waals surface area (Å²) in [5, 5.41) is 0.389. The topological polar surface area (TPSA) is 29.3 Å². The van der Waals surface area contributed by atoms with Crippen LogP contribution in [0.3, 0.4) is 0 Å². The van der Waals surface area contributed by atoms with E-state index in [1.54, 1.807) is 17.1 Å². The molecule has 0 fully saturated rings. The number of thiocarbonyl (C=S) groups is 1. The van der Waals surface area contributed by atoms with Gasteiger partial charge in [-0.2, -0.15) is 0 Å². The highest BCUT2D eigenvalue weighted by atomic mass is 32.1. The number of hydrogen-bond acceptors (Lipinski definition) is 1. The third-order valence-electron chi connectivity index (χ3n) is 1.01. The average Bonchev–Trinajstić information content (AvgIpc) is 1.87. The molecule has 0 heterocycles. The predicted octanol–water partition coefficient (Wildman–Crippen LogP) is 0.904. The Bertz CT molecular complexity index is 133. The fourth-order valence-corrected chi connectivity index (χ4v) is 0.715. The van der Waals surface area contributed by atoms with Gasteiger partial charge in [0, 0.05) is 13.1 Å². The molecule has 0 saturated heterocycles. The molecule has 0 aromatic carbocycles. The first-order chi connectivity index (χ1) is 4.72. The molecule has 0 aliphatic carbocycles. The molecule has 0 radical (unpaired) electrons. The van der Waals surface area contributed by atoms with Gasteiger partial charge >= 0.3 is 0 Å². The van der Waals surface area contributed by atoms with Gasteiger partial charge in [-0.3, -0.25) is 0 Å². The van der Waals surface area contributed by atoms with Crippen molar-refractivity contribution in [1.82, 2.24) is 4.90 Å². The van der Waals surface area contributed by atoms with Crippen LogP contribution < -0.4 is 5.73 Å². The molecule has 0 atom stereocenters. The highest BCUT2D eigenvalue weighted by Crippen LogP contribution is 1.87. The lowest BCUT2D eigenvalue weighted by Gasteiger charge is -2.18. The van der Waals surface area contributed by atoms with E-state index in [0.717, 1.165) is 0 Å². The van der Waals surface area contributed by atoms with Gasteiger partial charge < -0.3 is 10.6 Å². The normalized spacial score (nSPS) is 8.40. The van der Waals surface area contributed by atoms with Gasteiger partial charge in [0.2, 0.25) is 0 Å². The van der Waals surface area contributed by atoms with Crippen LogP contribution in [0, 0.1) is 0 Å². The van der Waals surface area contributed by atoms with Crippen LogP contribution in [0.1, 0.15) is 0 Å². The molecule has 0 saturated carbocycles. The van der Waals surface area contributed by atoms with Crippen LogP contribution in [0.25, 0.3) is 0 Å². The van der Waals surface area contributed by atoms with Gasteiger partial charge in [0.15, 0.2) is 5.11 Å². The summed E-state index contributed by atoms with van der Waals surface area (Å²) in [5.41, 5.74) is 5.37. The van der Waals surface area contributed by atoms with Gasteiger partial charge in [-0.25, -0.2) is 0 Å². The summed E-state index contributed by atoms with van der Waals surface area (Å²) in [6.07, 6.45) is 3.51. The number of hydrogen-bond donors (Lipinski definition) is 1. The maximum Gasteiger partial charge on any atom is 0.166 e. The first kappa shape index (κ1) is 9.17. The van der Waals surface area contributed by atoms with E-state index < -0.39 is 0 Å². The van der Waals surface area contributed by atoms with E-state index in [0.29, 0.717) is 18.2 Å². The summed E-state index contributed by atoms with van der Waals surface area (Å²) in [4.78, 5) is 1.80. The van der Waals surface area contributed by atoms with E-state index in [4.69, 9.17) is 18.0 Å². The molecular formula is C7H12N2S. The standard InChI is InChI=1S/C7H12N2S/c1-3-5-9(6-4-2)7(8)10/h3-4H,1-2,5-6H2,(H2,8,10). The van der Waals surface area contributed by atoms with Gasteiger partial charge in [0.05, 0.1) is 0 Å². The van der Waals surface area contributed by atoms with Crippen LogP contribution >= 0.6 is 12.2 Å². The number of nitrogens with zero attached hydrogens (tertiary/aromatic N) is 1. The molecule has 0 bridgehead atoms. The van der Waals surface area contributed by atoms with Crippen molar-refractivity contribution in [3.05, 3.63) is 25.3 Å². The van der Waals surface area contributed by atoms with E-state index in [1.165, 1.54) is 0 Å². The van der Waals surface area contributed by atoms with Gasteiger partial charge in [0.25, 0.3) is 0 Å². The molecule has 0 spiro atoms. The number of nitrogens with two attached hydrogens (primary N) is 1. The average molecular weight is 156 g/mol. The Morgan fingerprint density at radius 2 is 1.80 bits per heavy atom. The third kappa shape index (κ3) is 3.25. The van der Waals surface area contributed by atoms with Crippen molar-refractivity contribution in [3.8, 4) is 0 Å². The third-order valence-corrected chi connectivity index (χ3v) is 1.27. The predicted molar refractivity (Wildman–Crippen MR) is 48.8 cm³/mol. The Morgan fingerprint density at radius 1 is 1.40 bits per heavy atom. The maximum atomic E-state index is 5.37. The van der Waals surface area contributed by atoms with E-state index in [-0.39, 0.29) is 0 Å². The molecule has 2 N–H and O–H groups in total. The van der Waals surface area contributed by atoms with Crippen molar-refractivity contribution in [1.29, 1.82) is 0 Å².